The fraction of sp³-hybridized carbons (Fsp3) is 0.421. The van der Waals surface area contributed by atoms with Gasteiger partial charge in [0.05, 0.1) is 37.2 Å². The van der Waals surface area contributed by atoms with E-state index in [9.17, 15) is 19.5 Å². The summed E-state index contributed by atoms with van der Waals surface area (Å²) in [5.41, 5.74) is 1.09. The molecule has 1 fully saturated rings. The average molecular weight is 376 g/mol. The fourth-order valence-electron chi connectivity index (χ4n) is 2.87. The summed E-state index contributed by atoms with van der Waals surface area (Å²) < 4.78 is 9.27. The molecule has 27 heavy (non-hydrogen) atoms. The topological polar surface area (TPSA) is 105 Å². The van der Waals surface area contributed by atoms with Crippen molar-refractivity contribution in [3.8, 4) is 0 Å². The molecule has 0 aromatic heterocycles. The molecule has 1 aliphatic rings. The first kappa shape index (κ1) is 20.3. The highest BCUT2D eigenvalue weighted by Crippen LogP contribution is 2.32. The number of ether oxygens (including phenoxy) is 2. The number of rotatable bonds is 6. The van der Waals surface area contributed by atoms with E-state index >= 15 is 0 Å². The van der Waals surface area contributed by atoms with Gasteiger partial charge in [-0.15, -0.1) is 0 Å². The van der Waals surface area contributed by atoms with Crippen LogP contribution in [0.2, 0.25) is 0 Å². The lowest BCUT2D eigenvalue weighted by atomic mass is 9.98. The number of benzene rings is 1. The molecule has 0 spiro atoms. The van der Waals surface area contributed by atoms with Gasteiger partial charge in [0.25, 0.3) is 0 Å². The first-order valence-electron chi connectivity index (χ1n) is 8.63. The Morgan fingerprint density at radius 3 is 2.41 bits per heavy atom. The number of carboxylic acids is 1. The molecular weight excluding hydrogens is 352 g/mol. The van der Waals surface area contributed by atoms with Gasteiger partial charge < -0.3 is 24.8 Å². The Balaban J connectivity index is 2.42. The lowest BCUT2D eigenvalue weighted by Crippen LogP contribution is -2.33. The molecule has 2 rings (SSSR count). The summed E-state index contributed by atoms with van der Waals surface area (Å²) in [6.45, 7) is 3.82. The maximum Gasteiger partial charge on any atom is 0.354 e. The van der Waals surface area contributed by atoms with Crippen LogP contribution in [0, 0.1) is 5.92 Å². The van der Waals surface area contributed by atoms with E-state index in [1.807, 2.05) is 0 Å². The number of piperidine rings is 1. The maximum absolute atomic E-state index is 12.0. The highest BCUT2D eigenvalue weighted by atomic mass is 16.5. The van der Waals surface area contributed by atoms with E-state index in [0.29, 0.717) is 11.6 Å². The minimum absolute atomic E-state index is 0.0638. The predicted molar refractivity (Wildman–Crippen MR) is 99.8 cm³/mol. The lowest BCUT2D eigenvalue weighted by molar-refractivity contribution is -0.138. The van der Waals surface area contributed by atoms with Crippen LogP contribution in [0.15, 0.2) is 30.0 Å². The number of aromatic carboxylic acids is 1. The number of hydrogen-bond acceptors (Lipinski definition) is 7. The zero-order chi connectivity index (χ0) is 20.0. The minimum Gasteiger partial charge on any atom is -0.478 e. The molecule has 146 valence electrons. The molecule has 1 aromatic carbocycles. The van der Waals surface area contributed by atoms with Gasteiger partial charge in [-0.05, 0) is 37.0 Å². The van der Waals surface area contributed by atoms with E-state index in [4.69, 9.17) is 4.74 Å². The van der Waals surface area contributed by atoms with Crippen LogP contribution in [0.4, 0.5) is 11.4 Å². The second-order valence-corrected chi connectivity index (χ2v) is 6.40. The monoisotopic (exact) mass is 376 g/mol. The van der Waals surface area contributed by atoms with Crippen molar-refractivity contribution in [2.75, 3.05) is 37.5 Å². The van der Waals surface area contributed by atoms with Crippen molar-refractivity contribution in [1.82, 2.24) is 0 Å². The van der Waals surface area contributed by atoms with Crippen molar-refractivity contribution in [3.63, 3.8) is 0 Å². The first-order chi connectivity index (χ1) is 12.8. The van der Waals surface area contributed by atoms with Crippen molar-refractivity contribution >= 4 is 29.3 Å². The van der Waals surface area contributed by atoms with E-state index in [0.717, 1.165) is 37.7 Å². The zero-order valence-corrected chi connectivity index (χ0v) is 15.7. The van der Waals surface area contributed by atoms with E-state index in [1.54, 1.807) is 6.07 Å². The molecule has 0 aliphatic carbocycles. The van der Waals surface area contributed by atoms with Crippen LogP contribution in [0.1, 0.15) is 30.1 Å². The summed E-state index contributed by atoms with van der Waals surface area (Å²) in [5, 5.41) is 12.1. The standard InChI is InChI=1S/C19H24N2O6/c1-12-6-8-21(9-7-12)16-5-4-13(18(23)24)10-14(16)20-15(19(25)27-3)11-17(22)26-2/h4-5,10-12,20H,6-9H2,1-3H3,(H,23,24)/b15-11+. The van der Waals surface area contributed by atoms with Crippen molar-refractivity contribution in [3.05, 3.63) is 35.5 Å². The molecule has 1 aliphatic heterocycles. The van der Waals surface area contributed by atoms with Crippen LogP contribution >= 0.6 is 0 Å². The van der Waals surface area contributed by atoms with Crippen LogP contribution in [0.25, 0.3) is 0 Å². The molecule has 0 radical (unpaired) electrons. The summed E-state index contributed by atoms with van der Waals surface area (Å²) >= 11 is 0. The summed E-state index contributed by atoms with van der Waals surface area (Å²) in [6.07, 6.45) is 3.01. The van der Waals surface area contributed by atoms with E-state index < -0.39 is 17.9 Å². The van der Waals surface area contributed by atoms with Gasteiger partial charge in [0.1, 0.15) is 5.70 Å². The number of carboxylic acid groups (broad SMARTS) is 1. The number of carbonyl (C=O) groups excluding carboxylic acids is 2. The van der Waals surface area contributed by atoms with E-state index in [2.05, 4.69) is 21.9 Å². The maximum atomic E-state index is 12.0. The fourth-order valence-corrected chi connectivity index (χ4v) is 2.87. The van der Waals surface area contributed by atoms with Crippen LogP contribution in [-0.2, 0) is 19.1 Å². The van der Waals surface area contributed by atoms with Crippen molar-refractivity contribution in [2.45, 2.75) is 19.8 Å². The van der Waals surface area contributed by atoms with Gasteiger partial charge in [-0.1, -0.05) is 6.92 Å². The smallest absolute Gasteiger partial charge is 0.354 e. The summed E-state index contributed by atoms with van der Waals surface area (Å²) in [6, 6.07) is 4.65. The van der Waals surface area contributed by atoms with Crippen LogP contribution < -0.4 is 10.2 Å². The largest absolute Gasteiger partial charge is 0.478 e. The Hall–Kier alpha value is -3.03. The van der Waals surface area contributed by atoms with Crippen LogP contribution in [0.5, 0.6) is 0 Å². The molecule has 8 nitrogen and oxygen atoms in total. The van der Waals surface area contributed by atoms with E-state index in [-0.39, 0.29) is 11.3 Å². The van der Waals surface area contributed by atoms with Gasteiger partial charge in [0, 0.05) is 13.1 Å². The molecule has 1 saturated heterocycles. The van der Waals surface area contributed by atoms with Crippen molar-refractivity contribution in [2.24, 2.45) is 5.92 Å². The van der Waals surface area contributed by atoms with Crippen molar-refractivity contribution in [1.29, 1.82) is 0 Å². The van der Waals surface area contributed by atoms with Gasteiger partial charge >= 0.3 is 17.9 Å². The third-order valence-corrected chi connectivity index (χ3v) is 4.51. The van der Waals surface area contributed by atoms with Crippen LogP contribution in [0.3, 0.4) is 0 Å². The average Bonchev–Trinajstić information content (AvgIpc) is 2.67. The predicted octanol–water partition coefficient (Wildman–Crippen LogP) is 2.26. The zero-order valence-electron chi connectivity index (χ0n) is 15.7. The Morgan fingerprint density at radius 1 is 1.19 bits per heavy atom. The number of nitrogens with one attached hydrogen (secondary N) is 1. The molecular formula is C19H24N2O6. The van der Waals surface area contributed by atoms with Crippen LogP contribution in [-0.4, -0.2) is 50.3 Å². The quantitative estimate of drug-likeness (QED) is 0.575. The van der Waals surface area contributed by atoms with E-state index in [1.165, 1.54) is 26.4 Å². The normalized spacial score (nSPS) is 15.2. The van der Waals surface area contributed by atoms with Gasteiger partial charge in [0.15, 0.2) is 0 Å². The summed E-state index contributed by atoms with van der Waals surface area (Å²) in [5.74, 6) is -1.96. The number of methoxy groups -OCH3 is 2. The highest BCUT2D eigenvalue weighted by Gasteiger charge is 2.21. The van der Waals surface area contributed by atoms with Gasteiger partial charge in [0.2, 0.25) is 0 Å². The summed E-state index contributed by atoms with van der Waals surface area (Å²) in [7, 11) is 2.38. The Labute approximate surface area is 157 Å². The van der Waals surface area contributed by atoms with Gasteiger partial charge in [-0.25, -0.2) is 14.4 Å². The molecule has 2 N–H and O–H groups in total. The van der Waals surface area contributed by atoms with Gasteiger partial charge in [-0.2, -0.15) is 0 Å². The Kier molecular flexibility index (Phi) is 6.81. The number of esters is 2. The SMILES string of the molecule is COC(=O)/C=C(/Nc1cc(C(=O)O)ccc1N1CCC(C)CC1)C(=O)OC. The third-order valence-electron chi connectivity index (χ3n) is 4.51. The number of hydrogen-bond donors (Lipinski definition) is 2. The third kappa shape index (κ3) is 5.22. The molecule has 8 heteroatoms. The Morgan fingerprint density at radius 2 is 1.85 bits per heavy atom. The van der Waals surface area contributed by atoms with Gasteiger partial charge in [-0.3, -0.25) is 0 Å². The second kappa shape index (κ2) is 9.07. The number of carbonyl (C=O) groups is 3. The highest BCUT2D eigenvalue weighted by molar-refractivity contribution is 6.00. The molecule has 0 unspecified atom stereocenters. The summed E-state index contributed by atoms with van der Waals surface area (Å²) in [4.78, 5) is 37.1. The Bertz CT molecular complexity index is 751. The lowest BCUT2D eigenvalue weighted by Gasteiger charge is -2.33. The molecule has 0 bridgehead atoms. The minimum atomic E-state index is -1.09. The second-order valence-electron chi connectivity index (χ2n) is 6.40. The molecule has 0 saturated carbocycles. The molecule has 0 atom stereocenters. The number of anilines is 2. The molecule has 1 heterocycles. The first-order valence-corrected chi connectivity index (χ1v) is 8.63. The number of nitrogens with zero attached hydrogens (tertiary/aromatic N) is 1. The molecule has 0 amide bonds. The van der Waals surface area contributed by atoms with Crippen molar-refractivity contribution < 1.29 is 29.0 Å². The molecule has 1 aromatic rings.